The Hall–Kier alpha value is -3.18. The van der Waals surface area contributed by atoms with Crippen molar-refractivity contribution in [3.63, 3.8) is 0 Å². The molecule has 3 aromatic rings. The third-order valence-corrected chi connectivity index (χ3v) is 5.70. The first-order chi connectivity index (χ1) is 15.0. The Morgan fingerprint density at radius 1 is 1.16 bits per heavy atom. The number of hydrogen-bond donors (Lipinski definition) is 2. The molecule has 0 spiro atoms. The van der Waals surface area contributed by atoms with Crippen LogP contribution < -0.4 is 15.5 Å². The molecule has 2 atom stereocenters. The molecule has 3 heterocycles. The van der Waals surface area contributed by atoms with E-state index in [4.69, 9.17) is 4.74 Å². The predicted molar refractivity (Wildman–Crippen MR) is 116 cm³/mol. The molecule has 9 nitrogen and oxygen atoms in total. The molecule has 2 N–H and O–H groups in total. The molecule has 1 unspecified atom stereocenters. The van der Waals surface area contributed by atoms with Gasteiger partial charge in [-0.1, -0.05) is 23.5 Å². The van der Waals surface area contributed by atoms with Crippen molar-refractivity contribution >= 4 is 33.3 Å². The number of carbonyl (C=O) groups is 1. The van der Waals surface area contributed by atoms with Crippen molar-refractivity contribution in [2.75, 3.05) is 35.7 Å². The predicted octanol–water partition coefficient (Wildman–Crippen LogP) is 2.79. The smallest absolute Gasteiger partial charge is 0.259 e. The second-order valence-electron chi connectivity index (χ2n) is 7.18. The van der Waals surface area contributed by atoms with Crippen molar-refractivity contribution in [2.24, 2.45) is 0 Å². The Morgan fingerprint density at radius 2 is 1.94 bits per heavy atom. The molecule has 1 fully saturated rings. The van der Waals surface area contributed by atoms with E-state index in [1.54, 1.807) is 0 Å². The highest BCUT2D eigenvalue weighted by Crippen LogP contribution is 2.26. The van der Waals surface area contributed by atoms with Crippen LogP contribution in [0, 0.1) is 12.7 Å². The van der Waals surface area contributed by atoms with Gasteiger partial charge in [0.1, 0.15) is 5.82 Å². The number of nitrogens with zero attached hydrogens (tertiary/aromatic N) is 5. The minimum atomic E-state index is -0.875. The van der Waals surface area contributed by atoms with Gasteiger partial charge < -0.3 is 15.0 Å². The van der Waals surface area contributed by atoms with Gasteiger partial charge in [0.15, 0.2) is 11.9 Å². The number of anilines is 3. The summed E-state index contributed by atoms with van der Waals surface area (Å²) in [6.45, 7) is 3.55. The molecule has 2 aromatic heterocycles. The molecule has 1 aliphatic rings. The number of amides is 1. The van der Waals surface area contributed by atoms with Gasteiger partial charge in [0, 0.05) is 26.2 Å². The Labute approximate surface area is 182 Å². The van der Waals surface area contributed by atoms with Crippen molar-refractivity contribution in [2.45, 2.75) is 25.5 Å². The molecule has 11 heteroatoms. The Balaban J connectivity index is 1.33. The molecule has 0 radical (unpaired) electrons. The van der Waals surface area contributed by atoms with E-state index in [1.807, 2.05) is 19.1 Å². The highest BCUT2D eigenvalue weighted by molar-refractivity contribution is 7.19. The molecule has 162 valence electrons. The standard InChI is InChI=1S/C20H22FN7O2S/c1-12-3-8-16(25-24-12)28-10-9-15(11-28)22-19-26-27-20(31-19)23-18(29)17(30-2)13-4-6-14(21)7-5-13/h3-8,15,17H,9-11H2,1-2H3,(H,22,26)(H,23,27,29)/t15-,17?/m1/s1. The van der Waals surface area contributed by atoms with Crippen LogP contribution in [0.25, 0.3) is 0 Å². The van der Waals surface area contributed by atoms with Gasteiger partial charge in [-0.05, 0) is 43.2 Å². The van der Waals surface area contributed by atoms with Crippen LogP contribution >= 0.6 is 11.3 Å². The molecule has 1 aliphatic heterocycles. The lowest BCUT2D eigenvalue weighted by Gasteiger charge is -2.17. The molecule has 31 heavy (non-hydrogen) atoms. The summed E-state index contributed by atoms with van der Waals surface area (Å²) < 4.78 is 18.4. The quantitative estimate of drug-likeness (QED) is 0.574. The summed E-state index contributed by atoms with van der Waals surface area (Å²) in [5, 5.41) is 23.5. The second-order valence-corrected chi connectivity index (χ2v) is 8.16. The highest BCUT2D eigenvalue weighted by atomic mass is 32.1. The van der Waals surface area contributed by atoms with Crippen molar-refractivity contribution < 1.29 is 13.9 Å². The van der Waals surface area contributed by atoms with Gasteiger partial charge in [0.2, 0.25) is 10.3 Å². The topological polar surface area (TPSA) is 105 Å². The number of carbonyl (C=O) groups excluding carboxylic acids is 1. The zero-order chi connectivity index (χ0) is 21.8. The van der Waals surface area contributed by atoms with Crippen LogP contribution in [0.3, 0.4) is 0 Å². The van der Waals surface area contributed by atoms with Gasteiger partial charge in [-0.25, -0.2) is 4.39 Å². The van der Waals surface area contributed by atoms with Crippen LogP contribution in [0.2, 0.25) is 0 Å². The second kappa shape index (κ2) is 9.31. The van der Waals surface area contributed by atoms with E-state index in [9.17, 15) is 9.18 Å². The fraction of sp³-hybridized carbons (Fsp3) is 0.350. The minimum absolute atomic E-state index is 0.186. The number of benzene rings is 1. The molecule has 0 saturated carbocycles. The SMILES string of the molecule is COC(C(=O)Nc1nnc(N[C@@H]2CCN(c3ccc(C)nn3)C2)s1)c1ccc(F)cc1. The Morgan fingerprint density at radius 3 is 2.65 bits per heavy atom. The van der Waals surface area contributed by atoms with Crippen LogP contribution in [-0.4, -0.2) is 52.5 Å². The fourth-order valence-corrected chi connectivity index (χ4v) is 4.08. The largest absolute Gasteiger partial charge is 0.367 e. The third kappa shape index (κ3) is 5.12. The van der Waals surface area contributed by atoms with Crippen LogP contribution in [0.4, 0.5) is 20.5 Å². The van der Waals surface area contributed by atoms with Crippen LogP contribution in [0.5, 0.6) is 0 Å². The van der Waals surface area contributed by atoms with Gasteiger partial charge in [-0.2, -0.15) is 5.10 Å². The number of ether oxygens (including phenoxy) is 1. The maximum Gasteiger partial charge on any atom is 0.259 e. The Bertz CT molecular complexity index is 1030. The van der Waals surface area contributed by atoms with E-state index in [2.05, 4.69) is 35.9 Å². The van der Waals surface area contributed by atoms with E-state index in [1.165, 1.54) is 42.7 Å². The van der Waals surface area contributed by atoms with Gasteiger partial charge >= 0.3 is 0 Å². The first kappa shape index (κ1) is 21.1. The zero-order valence-electron chi connectivity index (χ0n) is 17.1. The number of aromatic nitrogens is 4. The molecule has 0 bridgehead atoms. The summed E-state index contributed by atoms with van der Waals surface area (Å²) in [7, 11) is 1.42. The monoisotopic (exact) mass is 443 g/mol. The van der Waals surface area contributed by atoms with E-state index >= 15 is 0 Å². The first-order valence-electron chi connectivity index (χ1n) is 9.76. The summed E-state index contributed by atoms with van der Waals surface area (Å²) in [5.74, 6) is 0.0760. The average Bonchev–Trinajstić information content (AvgIpc) is 3.40. The number of aryl methyl sites for hydroxylation is 1. The lowest BCUT2D eigenvalue weighted by molar-refractivity contribution is -0.126. The minimum Gasteiger partial charge on any atom is -0.367 e. The number of rotatable bonds is 7. The van der Waals surface area contributed by atoms with E-state index in [-0.39, 0.29) is 11.9 Å². The fourth-order valence-electron chi connectivity index (χ4n) is 3.36. The van der Waals surface area contributed by atoms with Crippen molar-refractivity contribution in [1.82, 2.24) is 20.4 Å². The number of hydrogen-bond acceptors (Lipinski definition) is 9. The molecule has 1 aromatic carbocycles. The van der Waals surface area contributed by atoms with E-state index < -0.39 is 12.0 Å². The third-order valence-electron chi connectivity index (χ3n) is 4.93. The highest BCUT2D eigenvalue weighted by Gasteiger charge is 2.25. The molecule has 0 aliphatic carbocycles. The number of methoxy groups -OCH3 is 1. The maximum absolute atomic E-state index is 13.1. The van der Waals surface area contributed by atoms with Gasteiger partial charge in [0.05, 0.1) is 5.69 Å². The average molecular weight is 444 g/mol. The zero-order valence-corrected chi connectivity index (χ0v) is 17.9. The maximum atomic E-state index is 13.1. The van der Waals surface area contributed by atoms with E-state index in [0.717, 1.165) is 31.0 Å². The van der Waals surface area contributed by atoms with Gasteiger partial charge in [-0.15, -0.1) is 15.3 Å². The normalized spacial score (nSPS) is 16.9. The molecular weight excluding hydrogens is 421 g/mol. The first-order valence-corrected chi connectivity index (χ1v) is 10.6. The molecular formula is C20H22FN7O2S. The van der Waals surface area contributed by atoms with Crippen molar-refractivity contribution in [1.29, 1.82) is 0 Å². The molecule has 1 saturated heterocycles. The van der Waals surface area contributed by atoms with E-state index in [0.29, 0.717) is 15.8 Å². The summed E-state index contributed by atoms with van der Waals surface area (Å²) in [4.78, 5) is 14.7. The van der Waals surface area contributed by atoms with Crippen molar-refractivity contribution in [3.05, 3.63) is 53.5 Å². The summed E-state index contributed by atoms with van der Waals surface area (Å²) in [6.07, 6.45) is 0.0487. The Kier molecular flexibility index (Phi) is 6.33. The summed E-state index contributed by atoms with van der Waals surface area (Å²) in [5.41, 5.74) is 1.44. The summed E-state index contributed by atoms with van der Waals surface area (Å²) in [6, 6.07) is 9.70. The number of nitrogens with one attached hydrogen (secondary N) is 2. The van der Waals surface area contributed by atoms with Crippen LogP contribution in [0.15, 0.2) is 36.4 Å². The van der Waals surface area contributed by atoms with Gasteiger partial charge in [-0.3, -0.25) is 10.1 Å². The van der Waals surface area contributed by atoms with Crippen LogP contribution in [0.1, 0.15) is 23.8 Å². The lowest BCUT2D eigenvalue weighted by atomic mass is 10.1. The number of halogens is 1. The summed E-state index contributed by atoms with van der Waals surface area (Å²) >= 11 is 1.25. The van der Waals surface area contributed by atoms with Crippen LogP contribution in [-0.2, 0) is 9.53 Å². The molecule has 4 rings (SSSR count). The van der Waals surface area contributed by atoms with Crippen molar-refractivity contribution in [3.8, 4) is 0 Å². The lowest BCUT2D eigenvalue weighted by Crippen LogP contribution is -2.26. The molecule has 1 amide bonds. The van der Waals surface area contributed by atoms with Gasteiger partial charge in [0.25, 0.3) is 5.91 Å².